The molecule has 16 heavy (non-hydrogen) atoms. The largest absolute Gasteiger partial charge is 0.342 e. The molecule has 0 aliphatic rings. The van der Waals surface area contributed by atoms with Crippen molar-refractivity contribution >= 4 is 5.91 Å². The van der Waals surface area contributed by atoms with E-state index in [0.717, 1.165) is 0 Å². The number of rotatable bonds is 2. The summed E-state index contributed by atoms with van der Waals surface area (Å²) in [5.41, 5.74) is 0.190. The normalized spacial score (nSPS) is 13.4. The van der Waals surface area contributed by atoms with Gasteiger partial charge in [0.25, 0.3) is 0 Å². The molecule has 0 unspecified atom stereocenters. The van der Waals surface area contributed by atoms with E-state index >= 15 is 0 Å². The van der Waals surface area contributed by atoms with Gasteiger partial charge in [-0.1, -0.05) is 55.4 Å². The molecule has 2 nitrogen and oxygen atoms in total. The SMILES string of the molecule is CC(C)C(=O)N(C)C(C(C)(C)C)C(C)(C)C. The lowest BCUT2D eigenvalue weighted by Gasteiger charge is -2.46. The monoisotopic (exact) mass is 227 g/mol. The topological polar surface area (TPSA) is 20.3 Å². The number of nitrogens with zero attached hydrogens (tertiary/aromatic N) is 1. The van der Waals surface area contributed by atoms with Gasteiger partial charge in [0, 0.05) is 19.0 Å². The lowest BCUT2D eigenvalue weighted by molar-refractivity contribution is -0.140. The summed E-state index contributed by atoms with van der Waals surface area (Å²) in [5, 5.41) is 0. The maximum atomic E-state index is 12.1. The van der Waals surface area contributed by atoms with E-state index in [4.69, 9.17) is 0 Å². The van der Waals surface area contributed by atoms with E-state index in [0.29, 0.717) is 0 Å². The molecule has 0 aliphatic carbocycles. The molecule has 0 saturated heterocycles. The summed E-state index contributed by atoms with van der Waals surface area (Å²) < 4.78 is 0. The summed E-state index contributed by atoms with van der Waals surface area (Å²) in [5.74, 6) is 0.298. The van der Waals surface area contributed by atoms with E-state index in [1.807, 2.05) is 25.8 Å². The van der Waals surface area contributed by atoms with Crippen LogP contribution >= 0.6 is 0 Å². The number of hydrogen-bond acceptors (Lipinski definition) is 1. The van der Waals surface area contributed by atoms with E-state index in [9.17, 15) is 4.79 Å². The molecule has 96 valence electrons. The minimum absolute atomic E-state index is 0.0669. The van der Waals surface area contributed by atoms with Gasteiger partial charge in [-0.3, -0.25) is 4.79 Å². The van der Waals surface area contributed by atoms with Crippen LogP contribution in [0.4, 0.5) is 0 Å². The third-order valence-electron chi connectivity index (χ3n) is 2.87. The Morgan fingerprint density at radius 1 is 0.938 bits per heavy atom. The lowest BCUT2D eigenvalue weighted by atomic mass is 9.71. The Hall–Kier alpha value is -0.530. The van der Waals surface area contributed by atoms with Crippen LogP contribution in [-0.4, -0.2) is 23.9 Å². The summed E-state index contributed by atoms with van der Waals surface area (Å²) >= 11 is 0. The van der Waals surface area contributed by atoms with Crippen LogP contribution in [0.2, 0.25) is 0 Å². The Morgan fingerprint density at radius 3 is 1.44 bits per heavy atom. The van der Waals surface area contributed by atoms with E-state index in [-0.39, 0.29) is 28.7 Å². The average molecular weight is 227 g/mol. The molecule has 1 amide bonds. The van der Waals surface area contributed by atoms with Crippen molar-refractivity contribution < 1.29 is 4.79 Å². The lowest BCUT2D eigenvalue weighted by Crippen LogP contribution is -2.53. The van der Waals surface area contributed by atoms with Gasteiger partial charge in [0.05, 0.1) is 0 Å². The highest BCUT2D eigenvalue weighted by Gasteiger charge is 2.39. The Labute approximate surface area is 101 Å². The first-order valence-electron chi connectivity index (χ1n) is 6.15. The minimum Gasteiger partial charge on any atom is -0.342 e. The van der Waals surface area contributed by atoms with Crippen LogP contribution in [0.1, 0.15) is 55.4 Å². The fraction of sp³-hybridized carbons (Fsp3) is 0.929. The maximum Gasteiger partial charge on any atom is 0.225 e. The molecule has 0 aromatic heterocycles. The highest BCUT2D eigenvalue weighted by Crippen LogP contribution is 2.37. The summed E-state index contributed by atoms with van der Waals surface area (Å²) in [7, 11) is 1.93. The van der Waals surface area contributed by atoms with E-state index in [1.165, 1.54) is 0 Å². The number of carbonyl (C=O) groups is 1. The molecule has 0 atom stereocenters. The molecule has 0 bridgehead atoms. The van der Waals surface area contributed by atoms with Gasteiger partial charge >= 0.3 is 0 Å². The summed E-state index contributed by atoms with van der Waals surface area (Å²) in [6.07, 6.45) is 0. The number of hydrogen-bond donors (Lipinski definition) is 0. The van der Waals surface area contributed by atoms with Crippen molar-refractivity contribution in [2.45, 2.75) is 61.4 Å². The first-order valence-corrected chi connectivity index (χ1v) is 6.15. The maximum absolute atomic E-state index is 12.1. The van der Waals surface area contributed by atoms with Gasteiger partial charge in [-0.15, -0.1) is 0 Å². The van der Waals surface area contributed by atoms with Crippen LogP contribution in [-0.2, 0) is 4.79 Å². The highest BCUT2D eigenvalue weighted by atomic mass is 16.2. The first kappa shape index (κ1) is 15.5. The first-order chi connectivity index (χ1) is 6.89. The van der Waals surface area contributed by atoms with Gasteiger partial charge in [0.1, 0.15) is 0 Å². The van der Waals surface area contributed by atoms with E-state index in [2.05, 4.69) is 41.5 Å². The van der Waals surface area contributed by atoms with Crippen molar-refractivity contribution in [1.82, 2.24) is 4.90 Å². The molecular formula is C14H29NO. The van der Waals surface area contributed by atoms with Gasteiger partial charge in [0.2, 0.25) is 5.91 Å². The molecule has 0 rings (SSSR count). The average Bonchev–Trinajstić information content (AvgIpc) is 1.96. The van der Waals surface area contributed by atoms with Crippen LogP contribution in [0.25, 0.3) is 0 Å². The zero-order chi connectivity index (χ0) is 13.3. The van der Waals surface area contributed by atoms with Crippen LogP contribution in [0.3, 0.4) is 0 Å². The summed E-state index contributed by atoms with van der Waals surface area (Å²) in [6, 6.07) is 0.245. The third-order valence-corrected chi connectivity index (χ3v) is 2.87. The van der Waals surface area contributed by atoms with Crippen LogP contribution in [0.5, 0.6) is 0 Å². The quantitative estimate of drug-likeness (QED) is 0.706. The number of carbonyl (C=O) groups excluding carboxylic acids is 1. The zero-order valence-electron chi connectivity index (χ0n) is 12.5. The molecule has 0 fully saturated rings. The molecule has 0 radical (unpaired) electrons. The Morgan fingerprint density at radius 2 is 1.25 bits per heavy atom. The fourth-order valence-electron chi connectivity index (χ4n) is 3.00. The predicted molar refractivity (Wildman–Crippen MR) is 70.3 cm³/mol. The van der Waals surface area contributed by atoms with Crippen molar-refractivity contribution in [1.29, 1.82) is 0 Å². The fourth-order valence-corrected chi connectivity index (χ4v) is 3.00. The van der Waals surface area contributed by atoms with Gasteiger partial charge in [-0.25, -0.2) is 0 Å². The molecule has 2 heteroatoms. The van der Waals surface area contributed by atoms with Gasteiger partial charge in [0.15, 0.2) is 0 Å². The van der Waals surface area contributed by atoms with Crippen molar-refractivity contribution in [3.63, 3.8) is 0 Å². The molecule has 0 heterocycles. The molecular weight excluding hydrogens is 198 g/mol. The van der Waals surface area contributed by atoms with Gasteiger partial charge < -0.3 is 4.90 Å². The molecule has 0 spiro atoms. The second-order valence-electron chi connectivity index (χ2n) is 7.24. The Kier molecular flexibility index (Phi) is 4.61. The van der Waals surface area contributed by atoms with Crippen molar-refractivity contribution in [3.8, 4) is 0 Å². The standard InChI is InChI=1S/C14H29NO/c1-10(2)11(16)15(9)12(13(3,4)5)14(6,7)8/h10,12H,1-9H3. The smallest absolute Gasteiger partial charge is 0.225 e. The molecule has 0 aromatic carbocycles. The van der Waals surface area contributed by atoms with Crippen LogP contribution in [0.15, 0.2) is 0 Å². The van der Waals surface area contributed by atoms with Crippen molar-refractivity contribution in [2.24, 2.45) is 16.7 Å². The number of amides is 1. The molecule has 0 N–H and O–H groups in total. The Balaban J connectivity index is 5.16. The second kappa shape index (κ2) is 4.77. The van der Waals surface area contributed by atoms with Crippen LogP contribution < -0.4 is 0 Å². The molecule has 0 aliphatic heterocycles. The molecule has 0 aromatic rings. The molecule has 0 saturated carbocycles. The second-order valence-corrected chi connectivity index (χ2v) is 7.24. The third kappa shape index (κ3) is 3.80. The highest BCUT2D eigenvalue weighted by molar-refractivity contribution is 5.78. The summed E-state index contributed by atoms with van der Waals surface area (Å²) in [4.78, 5) is 14.0. The minimum atomic E-state index is 0.0669. The Bertz CT molecular complexity index is 228. The van der Waals surface area contributed by atoms with Crippen molar-refractivity contribution in [3.05, 3.63) is 0 Å². The predicted octanol–water partition coefficient (Wildman–Crippen LogP) is 3.56. The van der Waals surface area contributed by atoms with Gasteiger partial charge in [-0.2, -0.15) is 0 Å². The van der Waals surface area contributed by atoms with E-state index in [1.54, 1.807) is 0 Å². The zero-order valence-corrected chi connectivity index (χ0v) is 12.5. The van der Waals surface area contributed by atoms with E-state index < -0.39 is 0 Å². The van der Waals surface area contributed by atoms with Crippen LogP contribution in [0, 0.1) is 16.7 Å². The van der Waals surface area contributed by atoms with Gasteiger partial charge in [-0.05, 0) is 10.8 Å². The van der Waals surface area contributed by atoms with Crippen molar-refractivity contribution in [2.75, 3.05) is 7.05 Å². The summed E-state index contributed by atoms with van der Waals surface area (Å²) in [6.45, 7) is 17.1.